The van der Waals surface area contributed by atoms with E-state index in [0.717, 1.165) is 20.6 Å². The molecule has 1 aliphatic carbocycles. The first kappa shape index (κ1) is 15.5. The highest BCUT2D eigenvalue weighted by molar-refractivity contribution is 9.11. The zero-order valence-electron chi connectivity index (χ0n) is 11.6. The van der Waals surface area contributed by atoms with Crippen molar-refractivity contribution >= 4 is 31.9 Å². The Bertz CT molecular complexity index is 423. The summed E-state index contributed by atoms with van der Waals surface area (Å²) < 4.78 is 2.12. The van der Waals surface area contributed by atoms with Crippen molar-refractivity contribution in [1.29, 1.82) is 0 Å². The first-order valence-electron chi connectivity index (χ1n) is 7.15. The van der Waals surface area contributed by atoms with E-state index >= 15 is 0 Å². The highest BCUT2D eigenvalue weighted by atomic mass is 79.9. The smallest absolute Gasteiger partial charge is 0.0718 e. The van der Waals surface area contributed by atoms with Crippen LogP contribution in [0.25, 0.3) is 0 Å². The lowest BCUT2D eigenvalue weighted by atomic mass is 9.73. The summed E-state index contributed by atoms with van der Waals surface area (Å²) in [6.45, 7) is 2.32. The van der Waals surface area contributed by atoms with E-state index in [0.29, 0.717) is 12.0 Å². The van der Waals surface area contributed by atoms with E-state index in [4.69, 9.17) is 0 Å². The summed E-state index contributed by atoms with van der Waals surface area (Å²) in [5.74, 6) is 1.53. The predicted molar refractivity (Wildman–Crippen MR) is 87.2 cm³/mol. The van der Waals surface area contributed by atoms with Gasteiger partial charge in [0.25, 0.3) is 0 Å². The third kappa shape index (κ3) is 3.59. The van der Waals surface area contributed by atoms with Crippen molar-refractivity contribution < 1.29 is 0 Å². The first-order chi connectivity index (χ1) is 9.17. The summed E-state index contributed by atoms with van der Waals surface area (Å²) in [5.41, 5.74) is 1.15. The van der Waals surface area contributed by atoms with Gasteiger partial charge in [-0.3, -0.25) is 4.98 Å². The second kappa shape index (κ2) is 7.19. The fourth-order valence-electron chi connectivity index (χ4n) is 3.39. The third-order valence-corrected chi connectivity index (χ3v) is 5.43. The van der Waals surface area contributed by atoms with Crippen LogP contribution in [0, 0.1) is 11.8 Å². The fraction of sp³-hybridized carbons (Fsp3) is 0.667. The van der Waals surface area contributed by atoms with Crippen molar-refractivity contribution in [2.45, 2.75) is 45.1 Å². The Morgan fingerprint density at radius 3 is 2.74 bits per heavy atom. The maximum atomic E-state index is 4.64. The number of aromatic nitrogens is 1. The van der Waals surface area contributed by atoms with E-state index in [1.807, 2.05) is 6.20 Å². The molecular formula is C15H22Br2N2. The Morgan fingerprint density at radius 2 is 2.11 bits per heavy atom. The standard InChI is InChI=1S/C15H22Br2N2/c1-3-10-6-4-5-7-12(10)14(18-2)15-13(17)8-11(16)9-19-15/h8-10,12,14,18H,3-7H2,1-2H3. The second-order valence-corrected chi connectivity index (χ2v) is 7.17. The quantitative estimate of drug-likeness (QED) is 0.776. The Labute approximate surface area is 133 Å². The van der Waals surface area contributed by atoms with Crippen LogP contribution in [0.4, 0.5) is 0 Å². The van der Waals surface area contributed by atoms with Gasteiger partial charge in [0, 0.05) is 15.1 Å². The monoisotopic (exact) mass is 388 g/mol. The summed E-state index contributed by atoms with van der Waals surface area (Å²) in [6, 6.07) is 2.45. The van der Waals surface area contributed by atoms with Crippen LogP contribution in [-0.4, -0.2) is 12.0 Å². The van der Waals surface area contributed by atoms with Crippen molar-refractivity contribution in [2.75, 3.05) is 7.05 Å². The molecule has 2 nitrogen and oxygen atoms in total. The molecule has 1 N–H and O–H groups in total. The van der Waals surface area contributed by atoms with Crippen LogP contribution >= 0.6 is 31.9 Å². The number of nitrogens with one attached hydrogen (secondary N) is 1. The first-order valence-corrected chi connectivity index (χ1v) is 8.74. The molecule has 1 saturated carbocycles. The summed E-state index contributed by atoms with van der Waals surface area (Å²) in [5, 5.41) is 3.50. The van der Waals surface area contributed by atoms with Gasteiger partial charge in [-0.2, -0.15) is 0 Å². The molecule has 4 heteroatoms. The van der Waals surface area contributed by atoms with Crippen molar-refractivity contribution in [2.24, 2.45) is 11.8 Å². The molecule has 1 aromatic rings. The number of halogens is 2. The van der Waals surface area contributed by atoms with Crippen LogP contribution < -0.4 is 5.32 Å². The van der Waals surface area contributed by atoms with Crippen LogP contribution in [0.15, 0.2) is 21.2 Å². The minimum absolute atomic E-state index is 0.354. The molecule has 106 valence electrons. The molecule has 0 amide bonds. The van der Waals surface area contributed by atoms with Crippen LogP contribution in [0.1, 0.15) is 50.8 Å². The van der Waals surface area contributed by atoms with Gasteiger partial charge in [0.15, 0.2) is 0 Å². The molecule has 1 heterocycles. The van der Waals surface area contributed by atoms with Gasteiger partial charge in [-0.05, 0) is 63.2 Å². The summed E-state index contributed by atoms with van der Waals surface area (Å²) >= 11 is 7.14. The maximum absolute atomic E-state index is 4.64. The minimum atomic E-state index is 0.354. The molecule has 3 unspecified atom stereocenters. The lowest BCUT2D eigenvalue weighted by Gasteiger charge is -2.36. The van der Waals surface area contributed by atoms with E-state index in [1.54, 1.807) is 0 Å². The molecular weight excluding hydrogens is 368 g/mol. The van der Waals surface area contributed by atoms with Gasteiger partial charge < -0.3 is 5.32 Å². The second-order valence-electron chi connectivity index (χ2n) is 5.40. The molecule has 0 saturated heterocycles. The molecule has 19 heavy (non-hydrogen) atoms. The van der Waals surface area contributed by atoms with E-state index in [9.17, 15) is 0 Å². The van der Waals surface area contributed by atoms with E-state index < -0.39 is 0 Å². The Kier molecular flexibility index (Phi) is 5.85. The topological polar surface area (TPSA) is 24.9 Å². The minimum Gasteiger partial charge on any atom is -0.311 e. The van der Waals surface area contributed by atoms with E-state index in [1.165, 1.54) is 32.1 Å². The Balaban J connectivity index is 2.27. The lowest BCUT2D eigenvalue weighted by molar-refractivity contribution is 0.178. The average Bonchev–Trinajstić information content (AvgIpc) is 2.42. The Hall–Kier alpha value is 0.0700. The summed E-state index contributed by atoms with van der Waals surface area (Å²) in [7, 11) is 2.06. The summed E-state index contributed by atoms with van der Waals surface area (Å²) in [4.78, 5) is 4.64. The van der Waals surface area contributed by atoms with Crippen LogP contribution in [0.2, 0.25) is 0 Å². The van der Waals surface area contributed by atoms with Crippen molar-refractivity contribution in [3.8, 4) is 0 Å². The molecule has 2 rings (SSSR count). The molecule has 3 atom stereocenters. The van der Waals surface area contributed by atoms with Gasteiger partial charge in [0.1, 0.15) is 0 Å². The predicted octanol–water partition coefficient (Wildman–Crippen LogP) is 5.08. The number of hydrogen-bond donors (Lipinski definition) is 1. The van der Waals surface area contributed by atoms with Crippen molar-refractivity contribution in [3.05, 3.63) is 26.9 Å². The van der Waals surface area contributed by atoms with Crippen molar-refractivity contribution in [3.63, 3.8) is 0 Å². The van der Waals surface area contributed by atoms with Gasteiger partial charge >= 0.3 is 0 Å². The third-order valence-electron chi connectivity index (χ3n) is 4.36. The molecule has 1 fully saturated rings. The number of hydrogen-bond acceptors (Lipinski definition) is 2. The van der Waals surface area contributed by atoms with E-state index in [-0.39, 0.29) is 0 Å². The zero-order valence-corrected chi connectivity index (χ0v) is 14.8. The number of pyridine rings is 1. The molecule has 0 radical (unpaired) electrons. The number of nitrogens with zero attached hydrogens (tertiary/aromatic N) is 1. The zero-order chi connectivity index (χ0) is 13.8. The van der Waals surface area contributed by atoms with Gasteiger partial charge in [0.05, 0.1) is 11.7 Å². The van der Waals surface area contributed by atoms with E-state index in [2.05, 4.69) is 62.2 Å². The average molecular weight is 390 g/mol. The SMILES string of the molecule is CCC1CCCCC1C(NC)c1ncc(Br)cc1Br. The molecule has 1 aliphatic rings. The fourth-order valence-corrected chi connectivity index (χ4v) is 4.62. The molecule has 1 aromatic heterocycles. The lowest BCUT2D eigenvalue weighted by Crippen LogP contribution is -2.33. The largest absolute Gasteiger partial charge is 0.311 e. The highest BCUT2D eigenvalue weighted by Crippen LogP contribution is 2.41. The maximum Gasteiger partial charge on any atom is 0.0718 e. The van der Waals surface area contributed by atoms with Crippen LogP contribution in [0.5, 0.6) is 0 Å². The van der Waals surface area contributed by atoms with Gasteiger partial charge in [0.2, 0.25) is 0 Å². The molecule has 0 bridgehead atoms. The Morgan fingerprint density at radius 1 is 1.37 bits per heavy atom. The van der Waals surface area contributed by atoms with Crippen LogP contribution in [-0.2, 0) is 0 Å². The van der Waals surface area contributed by atoms with Gasteiger partial charge in [-0.15, -0.1) is 0 Å². The van der Waals surface area contributed by atoms with Gasteiger partial charge in [-0.25, -0.2) is 0 Å². The highest BCUT2D eigenvalue weighted by Gasteiger charge is 2.32. The summed E-state index contributed by atoms with van der Waals surface area (Å²) in [6.07, 6.45) is 8.60. The molecule has 0 aromatic carbocycles. The normalized spacial score (nSPS) is 25.3. The van der Waals surface area contributed by atoms with Crippen LogP contribution in [0.3, 0.4) is 0 Å². The molecule has 0 spiro atoms. The van der Waals surface area contributed by atoms with Crippen molar-refractivity contribution in [1.82, 2.24) is 10.3 Å². The number of rotatable bonds is 4. The molecule has 0 aliphatic heterocycles. The van der Waals surface area contributed by atoms with Gasteiger partial charge in [-0.1, -0.05) is 32.6 Å².